The van der Waals surface area contributed by atoms with Crippen molar-refractivity contribution in [3.05, 3.63) is 40.9 Å². The quantitative estimate of drug-likeness (QED) is 0.651. The number of halogens is 3. The lowest BCUT2D eigenvalue weighted by Gasteiger charge is -2.01. The third-order valence-corrected chi connectivity index (χ3v) is 3.11. The van der Waals surface area contributed by atoms with Gasteiger partial charge in [-0.3, -0.25) is 0 Å². The Kier molecular flexibility index (Phi) is 5.09. The number of hydrogen-bond acceptors (Lipinski definition) is 3. The monoisotopic (exact) mass is 300 g/mol. The average Bonchev–Trinajstić information content (AvgIpc) is 2.87. The summed E-state index contributed by atoms with van der Waals surface area (Å²) in [5.41, 5.74) is 0.0253. The second kappa shape index (κ2) is 6.81. The maximum atomic E-state index is 13.7. The van der Waals surface area contributed by atoms with Crippen LogP contribution in [-0.2, 0) is 6.42 Å². The largest absolute Gasteiger partial charge is 0.441 e. The molecule has 0 spiro atoms. The van der Waals surface area contributed by atoms with Crippen LogP contribution < -0.4 is 5.32 Å². The summed E-state index contributed by atoms with van der Waals surface area (Å²) in [7, 11) is 0. The Hall–Kier alpha value is -1.46. The Balaban J connectivity index is 2.10. The predicted octanol–water partition coefficient (Wildman–Crippen LogP) is 3.82. The molecule has 0 unspecified atom stereocenters. The number of rotatable bonds is 6. The molecule has 108 valence electrons. The summed E-state index contributed by atoms with van der Waals surface area (Å²) in [6.07, 6.45) is 2.91. The minimum Gasteiger partial charge on any atom is -0.441 e. The summed E-state index contributed by atoms with van der Waals surface area (Å²) in [4.78, 5) is 4.07. The van der Waals surface area contributed by atoms with Crippen molar-refractivity contribution in [3.8, 4) is 11.3 Å². The molecular weight excluding hydrogens is 286 g/mol. The van der Waals surface area contributed by atoms with Crippen molar-refractivity contribution in [1.29, 1.82) is 0 Å². The van der Waals surface area contributed by atoms with Crippen LogP contribution in [0.3, 0.4) is 0 Å². The zero-order valence-corrected chi connectivity index (χ0v) is 11.8. The van der Waals surface area contributed by atoms with Crippen molar-refractivity contribution < 1.29 is 13.2 Å². The Labute approximate surface area is 121 Å². The second-order valence-corrected chi connectivity index (χ2v) is 4.73. The van der Waals surface area contributed by atoms with Gasteiger partial charge in [-0.1, -0.05) is 18.5 Å². The lowest BCUT2D eigenvalue weighted by atomic mass is 10.1. The van der Waals surface area contributed by atoms with Crippen molar-refractivity contribution in [2.75, 3.05) is 13.1 Å². The zero-order valence-electron chi connectivity index (χ0n) is 11.0. The van der Waals surface area contributed by atoms with Crippen molar-refractivity contribution in [2.24, 2.45) is 0 Å². The maximum absolute atomic E-state index is 13.7. The molecule has 1 heterocycles. The van der Waals surface area contributed by atoms with Gasteiger partial charge in [0, 0.05) is 6.42 Å². The molecule has 0 saturated heterocycles. The van der Waals surface area contributed by atoms with Gasteiger partial charge in [-0.2, -0.15) is 0 Å². The average molecular weight is 301 g/mol. The number of hydrogen-bond donors (Lipinski definition) is 1. The van der Waals surface area contributed by atoms with Gasteiger partial charge in [0.25, 0.3) is 0 Å². The van der Waals surface area contributed by atoms with Crippen LogP contribution in [0.15, 0.2) is 22.7 Å². The highest BCUT2D eigenvalue weighted by molar-refractivity contribution is 6.30. The Morgan fingerprint density at radius 1 is 1.30 bits per heavy atom. The molecule has 1 aromatic heterocycles. The highest BCUT2D eigenvalue weighted by atomic mass is 35.5. The fraction of sp³-hybridized carbons (Fsp3) is 0.357. The third-order valence-electron chi connectivity index (χ3n) is 2.82. The van der Waals surface area contributed by atoms with Crippen LogP contribution in [0.4, 0.5) is 8.78 Å². The first-order valence-corrected chi connectivity index (χ1v) is 6.80. The van der Waals surface area contributed by atoms with E-state index in [0.717, 1.165) is 31.6 Å². The molecule has 3 nitrogen and oxygen atoms in total. The van der Waals surface area contributed by atoms with E-state index in [1.54, 1.807) is 0 Å². The molecule has 2 rings (SSSR count). The first kappa shape index (κ1) is 14.9. The maximum Gasteiger partial charge on any atom is 0.194 e. The molecule has 0 bridgehead atoms. The van der Waals surface area contributed by atoms with Gasteiger partial charge in [-0.25, -0.2) is 13.8 Å². The Bertz CT molecular complexity index is 587. The van der Waals surface area contributed by atoms with Gasteiger partial charge >= 0.3 is 0 Å². The molecule has 2 aromatic rings. The number of nitrogens with one attached hydrogen (secondary N) is 1. The van der Waals surface area contributed by atoms with Gasteiger partial charge in [0.05, 0.1) is 16.8 Å². The number of aromatic nitrogens is 1. The van der Waals surface area contributed by atoms with Crippen LogP contribution in [0, 0.1) is 11.6 Å². The number of aryl methyl sites for hydroxylation is 1. The number of oxazole rings is 1. The van der Waals surface area contributed by atoms with Crippen molar-refractivity contribution in [3.63, 3.8) is 0 Å². The summed E-state index contributed by atoms with van der Waals surface area (Å²) in [6, 6.07) is 1.94. The van der Waals surface area contributed by atoms with Crippen molar-refractivity contribution >= 4 is 11.6 Å². The van der Waals surface area contributed by atoms with E-state index in [0.29, 0.717) is 12.3 Å². The molecule has 0 atom stereocenters. The second-order valence-electron chi connectivity index (χ2n) is 4.32. The molecule has 0 fully saturated rings. The highest BCUT2D eigenvalue weighted by Crippen LogP contribution is 2.28. The predicted molar refractivity (Wildman–Crippen MR) is 73.7 cm³/mol. The van der Waals surface area contributed by atoms with E-state index >= 15 is 0 Å². The zero-order chi connectivity index (χ0) is 14.5. The molecule has 0 aliphatic heterocycles. The van der Waals surface area contributed by atoms with Gasteiger partial charge < -0.3 is 9.73 Å². The van der Waals surface area contributed by atoms with E-state index in [4.69, 9.17) is 16.0 Å². The molecule has 1 aromatic carbocycles. The molecule has 0 radical (unpaired) electrons. The Morgan fingerprint density at radius 3 is 2.85 bits per heavy atom. The summed E-state index contributed by atoms with van der Waals surface area (Å²) in [5.74, 6) is -0.607. The number of nitrogens with zero attached hydrogens (tertiary/aromatic N) is 1. The van der Waals surface area contributed by atoms with E-state index < -0.39 is 11.6 Å². The van der Waals surface area contributed by atoms with Crippen LogP contribution in [0.5, 0.6) is 0 Å². The molecule has 20 heavy (non-hydrogen) atoms. The topological polar surface area (TPSA) is 38.1 Å². The van der Waals surface area contributed by atoms with Crippen LogP contribution >= 0.6 is 11.6 Å². The van der Waals surface area contributed by atoms with E-state index in [1.165, 1.54) is 6.20 Å². The molecule has 0 amide bonds. The SMILES string of the molecule is CCNCCCc1ncc(-c2cc(F)c(Cl)cc2F)o1. The van der Waals surface area contributed by atoms with E-state index in [2.05, 4.69) is 10.3 Å². The normalized spacial score (nSPS) is 11.0. The highest BCUT2D eigenvalue weighted by Gasteiger charge is 2.14. The van der Waals surface area contributed by atoms with Crippen LogP contribution in [0.2, 0.25) is 5.02 Å². The molecule has 0 saturated carbocycles. The van der Waals surface area contributed by atoms with E-state index in [-0.39, 0.29) is 16.3 Å². The fourth-order valence-corrected chi connectivity index (χ4v) is 1.95. The van der Waals surface area contributed by atoms with Crippen LogP contribution in [-0.4, -0.2) is 18.1 Å². The lowest BCUT2D eigenvalue weighted by molar-refractivity contribution is 0.489. The van der Waals surface area contributed by atoms with Crippen molar-refractivity contribution in [1.82, 2.24) is 10.3 Å². The van der Waals surface area contributed by atoms with Crippen LogP contribution in [0.25, 0.3) is 11.3 Å². The standard InChI is InChI=1S/C14H15ClF2N2O/c1-2-18-5-3-4-14-19-8-13(20-14)9-6-12(17)10(15)7-11(9)16/h6-8,18H,2-5H2,1H3. The van der Waals surface area contributed by atoms with E-state index in [9.17, 15) is 8.78 Å². The van der Waals surface area contributed by atoms with Gasteiger partial charge in [-0.15, -0.1) is 0 Å². The first-order valence-electron chi connectivity index (χ1n) is 6.42. The molecule has 6 heteroatoms. The summed E-state index contributed by atoms with van der Waals surface area (Å²) in [6.45, 7) is 3.80. The minimum absolute atomic E-state index is 0.0253. The molecule has 1 N–H and O–H groups in total. The fourth-order valence-electron chi connectivity index (χ4n) is 1.80. The molecule has 0 aliphatic carbocycles. The number of benzene rings is 1. The summed E-state index contributed by atoms with van der Waals surface area (Å²) >= 11 is 5.51. The lowest BCUT2D eigenvalue weighted by Crippen LogP contribution is -2.14. The summed E-state index contributed by atoms with van der Waals surface area (Å²) < 4.78 is 32.5. The molecule has 0 aliphatic rings. The third kappa shape index (κ3) is 3.55. The van der Waals surface area contributed by atoms with Crippen LogP contribution in [0.1, 0.15) is 19.2 Å². The van der Waals surface area contributed by atoms with Gasteiger partial charge in [0.15, 0.2) is 11.7 Å². The smallest absolute Gasteiger partial charge is 0.194 e. The van der Waals surface area contributed by atoms with Crippen molar-refractivity contribution in [2.45, 2.75) is 19.8 Å². The van der Waals surface area contributed by atoms with Gasteiger partial charge in [-0.05, 0) is 31.6 Å². The van der Waals surface area contributed by atoms with E-state index in [1.807, 2.05) is 6.92 Å². The van der Waals surface area contributed by atoms with Gasteiger partial charge in [0.1, 0.15) is 11.6 Å². The van der Waals surface area contributed by atoms with Gasteiger partial charge in [0.2, 0.25) is 0 Å². The summed E-state index contributed by atoms with van der Waals surface area (Å²) in [5, 5.41) is 2.93. The first-order chi connectivity index (χ1) is 9.61. The minimum atomic E-state index is -0.687. The Morgan fingerprint density at radius 2 is 2.10 bits per heavy atom. The molecular formula is C14H15ClF2N2O.